The van der Waals surface area contributed by atoms with Crippen molar-refractivity contribution >= 4 is 5.91 Å². The average Bonchev–Trinajstić information content (AvgIpc) is 2.53. The number of hydrogen-bond donors (Lipinski definition) is 1. The number of methoxy groups -OCH3 is 1. The summed E-state index contributed by atoms with van der Waals surface area (Å²) in [6, 6.07) is 4.63. The van der Waals surface area contributed by atoms with E-state index in [0.717, 1.165) is 13.1 Å². The summed E-state index contributed by atoms with van der Waals surface area (Å²) in [5.74, 6) is -0.511. The number of benzene rings is 1. The molecule has 1 aromatic rings. The topological polar surface area (TPSA) is 58.8 Å². The number of piperazine rings is 1. The molecule has 6 heteroatoms. The van der Waals surface area contributed by atoms with Crippen LogP contribution >= 0.6 is 0 Å². The summed E-state index contributed by atoms with van der Waals surface area (Å²) < 4.78 is 18.5. The second-order valence-electron chi connectivity index (χ2n) is 5.26. The van der Waals surface area contributed by atoms with Crippen LogP contribution < -0.4 is 10.5 Å². The van der Waals surface area contributed by atoms with Crippen molar-refractivity contribution in [2.75, 3.05) is 39.8 Å². The fourth-order valence-electron chi connectivity index (χ4n) is 2.50. The van der Waals surface area contributed by atoms with Crippen molar-refractivity contribution in [1.82, 2.24) is 9.80 Å². The van der Waals surface area contributed by atoms with Crippen molar-refractivity contribution < 1.29 is 13.9 Å². The van der Waals surface area contributed by atoms with Crippen LogP contribution in [-0.4, -0.2) is 61.6 Å². The van der Waals surface area contributed by atoms with Crippen LogP contribution in [0.3, 0.4) is 0 Å². The highest BCUT2D eigenvalue weighted by molar-refractivity contribution is 5.94. The predicted octanol–water partition coefficient (Wildman–Crippen LogP) is 0.939. The number of rotatable bonds is 4. The monoisotopic (exact) mass is 295 g/mol. The predicted molar refractivity (Wildman–Crippen MR) is 78.9 cm³/mol. The minimum atomic E-state index is -0.515. The summed E-state index contributed by atoms with van der Waals surface area (Å²) in [7, 11) is 1.40. The first-order valence-electron chi connectivity index (χ1n) is 7.13. The first-order valence-corrected chi connectivity index (χ1v) is 7.13. The van der Waals surface area contributed by atoms with Crippen molar-refractivity contribution in [3.8, 4) is 5.75 Å². The van der Waals surface area contributed by atoms with Gasteiger partial charge in [-0.25, -0.2) is 4.39 Å². The molecule has 0 spiro atoms. The highest BCUT2D eigenvalue weighted by Gasteiger charge is 2.24. The minimum absolute atomic E-state index is 0.142. The first-order chi connectivity index (χ1) is 10.1. The van der Waals surface area contributed by atoms with Gasteiger partial charge in [0.15, 0.2) is 11.6 Å². The molecule has 1 aliphatic heterocycles. The van der Waals surface area contributed by atoms with Gasteiger partial charge in [-0.15, -0.1) is 0 Å². The van der Waals surface area contributed by atoms with E-state index in [-0.39, 0.29) is 11.7 Å². The summed E-state index contributed by atoms with van der Waals surface area (Å²) in [5, 5.41) is 0. The number of carbonyl (C=O) groups is 1. The Balaban J connectivity index is 2.00. The summed E-state index contributed by atoms with van der Waals surface area (Å²) in [4.78, 5) is 16.4. The van der Waals surface area contributed by atoms with E-state index in [1.807, 2.05) is 0 Å². The zero-order valence-electron chi connectivity index (χ0n) is 12.5. The SMILES string of the molecule is COc1ccc(C(=O)N2CCN(C(C)CN)CC2)cc1F. The van der Waals surface area contributed by atoms with Gasteiger partial charge in [0.2, 0.25) is 0 Å². The van der Waals surface area contributed by atoms with Gasteiger partial charge in [0.1, 0.15) is 0 Å². The largest absolute Gasteiger partial charge is 0.494 e. The molecule has 21 heavy (non-hydrogen) atoms. The lowest BCUT2D eigenvalue weighted by molar-refractivity contribution is 0.0588. The summed E-state index contributed by atoms with van der Waals surface area (Å²) in [5.41, 5.74) is 6.01. The van der Waals surface area contributed by atoms with Crippen LogP contribution in [0.1, 0.15) is 17.3 Å². The van der Waals surface area contributed by atoms with Crippen LogP contribution in [0.5, 0.6) is 5.75 Å². The normalized spacial score (nSPS) is 17.6. The summed E-state index contributed by atoms with van der Waals surface area (Å²) >= 11 is 0. The number of hydrogen-bond acceptors (Lipinski definition) is 4. The maximum absolute atomic E-state index is 13.7. The number of carbonyl (C=O) groups excluding carboxylic acids is 1. The first kappa shape index (κ1) is 15.7. The van der Waals surface area contributed by atoms with E-state index in [0.29, 0.717) is 31.2 Å². The lowest BCUT2D eigenvalue weighted by Crippen LogP contribution is -2.52. The van der Waals surface area contributed by atoms with Gasteiger partial charge in [0.25, 0.3) is 5.91 Å². The second-order valence-corrected chi connectivity index (χ2v) is 5.26. The van der Waals surface area contributed by atoms with Crippen molar-refractivity contribution in [1.29, 1.82) is 0 Å². The van der Waals surface area contributed by atoms with Crippen LogP contribution in [0.2, 0.25) is 0 Å². The number of nitrogens with two attached hydrogens (primary N) is 1. The van der Waals surface area contributed by atoms with Crippen molar-refractivity contribution in [3.05, 3.63) is 29.6 Å². The molecule has 1 aromatic carbocycles. The van der Waals surface area contributed by atoms with Gasteiger partial charge >= 0.3 is 0 Å². The lowest BCUT2D eigenvalue weighted by atomic mass is 10.1. The number of ether oxygens (including phenoxy) is 1. The molecule has 0 radical (unpaired) electrons. The Bertz CT molecular complexity index is 502. The molecule has 1 aliphatic rings. The number of amides is 1. The smallest absolute Gasteiger partial charge is 0.254 e. The fourth-order valence-corrected chi connectivity index (χ4v) is 2.50. The Kier molecular flexibility index (Phi) is 5.14. The Labute approximate surface area is 124 Å². The van der Waals surface area contributed by atoms with Crippen molar-refractivity contribution in [2.24, 2.45) is 5.73 Å². The summed E-state index contributed by atoms with van der Waals surface area (Å²) in [6.45, 7) is 5.55. The Morgan fingerprint density at radius 3 is 2.57 bits per heavy atom. The van der Waals surface area contributed by atoms with E-state index in [1.165, 1.54) is 19.2 Å². The van der Waals surface area contributed by atoms with E-state index in [1.54, 1.807) is 11.0 Å². The zero-order valence-corrected chi connectivity index (χ0v) is 12.5. The van der Waals surface area contributed by atoms with Crippen LogP contribution in [0.15, 0.2) is 18.2 Å². The Morgan fingerprint density at radius 1 is 1.38 bits per heavy atom. The molecule has 116 valence electrons. The molecule has 1 unspecified atom stereocenters. The number of nitrogens with zero attached hydrogens (tertiary/aromatic N) is 2. The van der Waals surface area contributed by atoms with Crippen molar-refractivity contribution in [2.45, 2.75) is 13.0 Å². The standard InChI is InChI=1S/C15H22FN3O2/c1-11(10-17)18-5-7-19(8-6-18)15(20)12-3-4-14(21-2)13(16)9-12/h3-4,9,11H,5-8,10,17H2,1-2H3. The molecule has 5 nitrogen and oxygen atoms in total. The minimum Gasteiger partial charge on any atom is -0.494 e. The molecule has 1 fully saturated rings. The zero-order chi connectivity index (χ0) is 15.4. The molecular formula is C15H22FN3O2. The molecule has 1 atom stereocenters. The molecule has 2 rings (SSSR count). The van der Waals surface area contributed by atoms with Crippen LogP contribution in [0.4, 0.5) is 4.39 Å². The molecule has 0 aromatic heterocycles. The Morgan fingerprint density at radius 2 is 2.05 bits per heavy atom. The highest BCUT2D eigenvalue weighted by atomic mass is 19.1. The van der Waals surface area contributed by atoms with Gasteiger partial charge in [0.05, 0.1) is 7.11 Å². The molecule has 0 bridgehead atoms. The molecule has 1 heterocycles. The maximum Gasteiger partial charge on any atom is 0.254 e. The lowest BCUT2D eigenvalue weighted by Gasteiger charge is -2.37. The quantitative estimate of drug-likeness (QED) is 0.898. The van der Waals surface area contributed by atoms with Gasteiger partial charge in [-0.2, -0.15) is 0 Å². The van der Waals surface area contributed by atoms with Crippen LogP contribution in [0.25, 0.3) is 0 Å². The molecule has 1 amide bonds. The van der Waals surface area contributed by atoms with Crippen LogP contribution in [-0.2, 0) is 0 Å². The molecule has 2 N–H and O–H groups in total. The molecule has 0 saturated carbocycles. The van der Waals surface area contributed by atoms with Crippen LogP contribution in [0, 0.1) is 5.82 Å². The highest BCUT2D eigenvalue weighted by Crippen LogP contribution is 2.19. The van der Waals surface area contributed by atoms with Crippen molar-refractivity contribution in [3.63, 3.8) is 0 Å². The van der Waals surface area contributed by atoms with Gasteiger partial charge < -0.3 is 15.4 Å². The second kappa shape index (κ2) is 6.87. The van der Waals surface area contributed by atoms with E-state index in [2.05, 4.69) is 11.8 Å². The summed E-state index contributed by atoms with van der Waals surface area (Å²) in [6.07, 6.45) is 0. The Hall–Kier alpha value is -1.66. The molecule has 0 aliphatic carbocycles. The van der Waals surface area contributed by atoms with E-state index >= 15 is 0 Å². The van der Waals surface area contributed by atoms with Gasteiger partial charge in [-0.05, 0) is 25.1 Å². The number of halogens is 1. The third-order valence-corrected chi connectivity index (χ3v) is 3.96. The maximum atomic E-state index is 13.7. The van der Waals surface area contributed by atoms with E-state index in [9.17, 15) is 9.18 Å². The fraction of sp³-hybridized carbons (Fsp3) is 0.533. The average molecular weight is 295 g/mol. The van der Waals surface area contributed by atoms with Gasteiger partial charge in [-0.3, -0.25) is 9.69 Å². The molecule has 1 saturated heterocycles. The molecular weight excluding hydrogens is 273 g/mol. The van der Waals surface area contributed by atoms with E-state index in [4.69, 9.17) is 10.5 Å². The van der Waals surface area contributed by atoms with Gasteiger partial charge in [0, 0.05) is 44.3 Å². The third-order valence-electron chi connectivity index (χ3n) is 3.96. The van der Waals surface area contributed by atoms with Gasteiger partial charge in [-0.1, -0.05) is 0 Å². The third kappa shape index (κ3) is 3.51. The van der Waals surface area contributed by atoms with E-state index < -0.39 is 5.82 Å².